The molecule has 0 amide bonds. The Morgan fingerprint density at radius 1 is 1.40 bits per heavy atom. The van der Waals surface area contributed by atoms with Crippen LogP contribution in [0.3, 0.4) is 0 Å². The number of rotatable bonds is 3. The van der Waals surface area contributed by atoms with E-state index in [1.807, 2.05) is 0 Å². The molecule has 15 heavy (non-hydrogen) atoms. The van der Waals surface area contributed by atoms with Gasteiger partial charge in [-0.15, -0.1) is 11.6 Å². The Bertz CT molecular complexity index is 191. The molecule has 1 aliphatic heterocycles. The van der Waals surface area contributed by atoms with Gasteiger partial charge in [0.15, 0.2) is 0 Å². The third kappa shape index (κ3) is 4.71. The molecular weight excluding hydrogens is 210 g/mol. The molecule has 0 bridgehead atoms. The van der Waals surface area contributed by atoms with Crippen LogP contribution in [0.15, 0.2) is 0 Å². The Labute approximate surface area is 98.9 Å². The van der Waals surface area contributed by atoms with Crippen LogP contribution < -0.4 is 0 Å². The Hall–Kier alpha value is 0.210. The molecule has 0 aromatic rings. The predicted octanol–water partition coefficient (Wildman–Crippen LogP) is 2.75. The second kappa shape index (κ2) is 5.51. The van der Waals surface area contributed by atoms with Gasteiger partial charge < -0.3 is 4.74 Å². The smallest absolute Gasteiger partial charge is 0.0837 e. The first-order valence-electron chi connectivity index (χ1n) is 5.84. The highest BCUT2D eigenvalue weighted by Gasteiger charge is 2.26. The molecule has 1 aliphatic rings. The van der Waals surface area contributed by atoms with Crippen molar-refractivity contribution in [3.05, 3.63) is 0 Å². The highest BCUT2D eigenvalue weighted by molar-refractivity contribution is 6.18. The van der Waals surface area contributed by atoms with Gasteiger partial charge in [0, 0.05) is 18.5 Å². The first-order chi connectivity index (χ1) is 6.92. The third-order valence-electron chi connectivity index (χ3n) is 2.96. The van der Waals surface area contributed by atoms with E-state index in [0.29, 0.717) is 17.3 Å². The van der Waals surface area contributed by atoms with Gasteiger partial charge in [-0.25, -0.2) is 0 Å². The molecule has 1 saturated heterocycles. The summed E-state index contributed by atoms with van der Waals surface area (Å²) >= 11 is 5.83. The molecule has 1 rings (SSSR count). The maximum absolute atomic E-state index is 5.83. The largest absolute Gasteiger partial charge is 0.374 e. The molecule has 2 nitrogen and oxygen atoms in total. The summed E-state index contributed by atoms with van der Waals surface area (Å²) in [7, 11) is 0. The average Bonchev–Trinajstić information content (AvgIpc) is 2.15. The lowest BCUT2D eigenvalue weighted by Gasteiger charge is -2.38. The molecule has 1 heterocycles. The molecule has 0 aromatic heterocycles. The summed E-state index contributed by atoms with van der Waals surface area (Å²) in [5, 5.41) is 0. The van der Waals surface area contributed by atoms with Crippen molar-refractivity contribution in [3.8, 4) is 0 Å². The number of hydrogen-bond donors (Lipinski definition) is 0. The summed E-state index contributed by atoms with van der Waals surface area (Å²) in [6.45, 7) is 12.1. The molecule has 2 atom stereocenters. The van der Waals surface area contributed by atoms with Gasteiger partial charge in [0.05, 0.1) is 12.7 Å². The van der Waals surface area contributed by atoms with Crippen LogP contribution in [0.4, 0.5) is 0 Å². The molecule has 0 aliphatic carbocycles. The van der Waals surface area contributed by atoms with Gasteiger partial charge >= 0.3 is 0 Å². The van der Waals surface area contributed by atoms with Crippen molar-refractivity contribution in [2.75, 3.05) is 25.6 Å². The fourth-order valence-electron chi connectivity index (χ4n) is 1.76. The molecule has 0 radical (unpaired) electrons. The van der Waals surface area contributed by atoms with E-state index in [9.17, 15) is 0 Å². The van der Waals surface area contributed by atoms with E-state index in [4.69, 9.17) is 16.3 Å². The first-order valence-corrected chi connectivity index (χ1v) is 6.37. The zero-order chi connectivity index (χ0) is 11.5. The average molecular weight is 234 g/mol. The van der Waals surface area contributed by atoms with Gasteiger partial charge in [-0.1, -0.05) is 20.8 Å². The number of alkyl halides is 1. The van der Waals surface area contributed by atoms with E-state index in [0.717, 1.165) is 19.7 Å². The van der Waals surface area contributed by atoms with Crippen LogP contribution >= 0.6 is 11.6 Å². The molecule has 0 spiro atoms. The predicted molar refractivity (Wildman–Crippen MR) is 65.6 cm³/mol. The Kier molecular flexibility index (Phi) is 4.88. The lowest BCUT2D eigenvalue weighted by atomic mass is 9.92. The van der Waals surface area contributed by atoms with E-state index in [1.54, 1.807) is 0 Å². The number of ether oxygens (including phenoxy) is 1. The van der Waals surface area contributed by atoms with Gasteiger partial charge in [0.25, 0.3) is 0 Å². The normalized spacial score (nSPS) is 29.4. The third-order valence-corrected chi connectivity index (χ3v) is 3.30. The topological polar surface area (TPSA) is 12.5 Å². The van der Waals surface area contributed by atoms with Gasteiger partial charge in [-0.05, 0) is 25.3 Å². The van der Waals surface area contributed by atoms with Gasteiger partial charge in [0.2, 0.25) is 0 Å². The first kappa shape index (κ1) is 13.3. The van der Waals surface area contributed by atoms with Crippen LogP contribution in [0.25, 0.3) is 0 Å². The number of morpholine rings is 1. The summed E-state index contributed by atoms with van der Waals surface area (Å²) in [5.41, 5.74) is 0.411. The van der Waals surface area contributed by atoms with Crippen molar-refractivity contribution >= 4 is 11.6 Å². The maximum Gasteiger partial charge on any atom is 0.0837 e. The van der Waals surface area contributed by atoms with Crippen molar-refractivity contribution < 1.29 is 4.74 Å². The zero-order valence-corrected chi connectivity index (χ0v) is 11.2. The summed E-state index contributed by atoms with van der Waals surface area (Å²) in [6, 6.07) is 0.534. The monoisotopic (exact) mass is 233 g/mol. The van der Waals surface area contributed by atoms with Crippen molar-refractivity contribution in [1.29, 1.82) is 0 Å². The van der Waals surface area contributed by atoms with E-state index in [1.165, 1.54) is 6.42 Å². The van der Waals surface area contributed by atoms with Crippen molar-refractivity contribution in [3.63, 3.8) is 0 Å². The van der Waals surface area contributed by atoms with E-state index >= 15 is 0 Å². The molecule has 2 unspecified atom stereocenters. The number of nitrogens with zero attached hydrogens (tertiary/aromatic N) is 1. The highest BCUT2D eigenvalue weighted by Crippen LogP contribution is 2.21. The van der Waals surface area contributed by atoms with Crippen LogP contribution in [0.2, 0.25) is 0 Å². The molecule has 0 N–H and O–H groups in total. The van der Waals surface area contributed by atoms with E-state index in [2.05, 4.69) is 32.6 Å². The van der Waals surface area contributed by atoms with Crippen molar-refractivity contribution in [2.24, 2.45) is 5.41 Å². The Balaban J connectivity index is 2.38. The number of halogens is 1. The molecule has 1 fully saturated rings. The summed E-state index contributed by atoms with van der Waals surface area (Å²) < 4.78 is 5.63. The lowest BCUT2D eigenvalue weighted by molar-refractivity contribution is -0.0503. The quantitative estimate of drug-likeness (QED) is 0.696. The minimum absolute atomic E-state index is 0.225. The molecule has 0 aromatic carbocycles. The van der Waals surface area contributed by atoms with E-state index < -0.39 is 0 Å². The van der Waals surface area contributed by atoms with Crippen molar-refractivity contribution in [1.82, 2.24) is 4.90 Å². The molecule has 90 valence electrons. The highest BCUT2D eigenvalue weighted by atomic mass is 35.5. The summed E-state index contributed by atoms with van der Waals surface area (Å²) in [6.07, 6.45) is 1.45. The Morgan fingerprint density at radius 3 is 2.60 bits per heavy atom. The van der Waals surface area contributed by atoms with Crippen LogP contribution in [-0.2, 0) is 4.74 Å². The minimum Gasteiger partial charge on any atom is -0.374 e. The second-order valence-corrected chi connectivity index (χ2v) is 6.07. The summed E-state index contributed by atoms with van der Waals surface area (Å²) in [5.74, 6) is 0.610. The van der Waals surface area contributed by atoms with Crippen LogP contribution in [0.1, 0.15) is 34.1 Å². The maximum atomic E-state index is 5.83. The lowest BCUT2D eigenvalue weighted by Crippen LogP contribution is -2.49. The fourth-order valence-corrected chi connectivity index (χ4v) is 1.95. The van der Waals surface area contributed by atoms with Crippen LogP contribution in [-0.4, -0.2) is 42.6 Å². The van der Waals surface area contributed by atoms with Gasteiger partial charge in [0.1, 0.15) is 0 Å². The standard InChI is InChI=1S/C12H24ClNO/c1-10-9-15-11(7-13)8-14(10)6-5-12(2,3)4/h10-11H,5-9H2,1-4H3. The number of hydrogen-bond acceptors (Lipinski definition) is 2. The van der Waals surface area contributed by atoms with Crippen LogP contribution in [0.5, 0.6) is 0 Å². The Morgan fingerprint density at radius 2 is 2.07 bits per heavy atom. The molecule has 0 saturated carbocycles. The molecular formula is C12H24ClNO. The second-order valence-electron chi connectivity index (χ2n) is 5.76. The summed E-state index contributed by atoms with van der Waals surface area (Å²) in [4.78, 5) is 2.50. The fraction of sp³-hybridized carbons (Fsp3) is 1.00. The van der Waals surface area contributed by atoms with Gasteiger partial charge in [-0.2, -0.15) is 0 Å². The molecule has 3 heteroatoms. The SMILES string of the molecule is CC1COC(CCl)CN1CCC(C)(C)C. The van der Waals surface area contributed by atoms with Crippen LogP contribution in [0, 0.1) is 5.41 Å². The minimum atomic E-state index is 0.225. The zero-order valence-electron chi connectivity index (χ0n) is 10.4. The van der Waals surface area contributed by atoms with Crippen molar-refractivity contribution in [2.45, 2.75) is 46.3 Å². The van der Waals surface area contributed by atoms with Gasteiger partial charge in [-0.3, -0.25) is 4.90 Å². The van der Waals surface area contributed by atoms with E-state index in [-0.39, 0.29) is 6.10 Å².